The molecule has 0 heterocycles. The third kappa shape index (κ3) is 5.44. The van der Waals surface area contributed by atoms with Gasteiger partial charge in [-0.2, -0.15) is 35.9 Å². The minimum absolute atomic E-state index is 0. The zero-order chi connectivity index (χ0) is 12.2. The van der Waals surface area contributed by atoms with Crippen LogP contribution in [0.3, 0.4) is 0 Å². The van der Waals surface area contributed by atoms with Gasteiger partial charge in [-0.3, -0.25) is 6.08 Å². The van der Waals surface area contributed by atoms with Gasteiger partial charge in [0.25, 0.3) is 0 Å². The van der Waals surface area contributed by atoms with Crippen molar-refractivity contribution in [2.24, 2.45) is 0 Å². The van der Waals surface area contributed by atoms with E-state index in [9.17, 15) is 0 Å². The van der Waals surface area contributed by atoms with Gasteiger partial charge in [-0.05, 0) is 6.42 Å². The van der Waals surface area contributed by atoms with E-state index < -0.39 is 0 Å². The Morgan fingerprint density at radius 1 is 0.905 bits per heavy atom. The molecule has 0 bridgehead atoms. The minimum atomic E-state index is 0. The van der Waals surface area contributed by atoms with Crippen molar-refractivity contribution >= 4 is 0 Å². The first-order chi connectivity index (χ1) is 8.95. The van der Waals surface area contributed by atoms with Gasteiger partial charge in [0.05, 0.1) is 0 Å². The third-order valence-corrected chi connectivity index (χ3v) is 3.20. The molecule has 0 aliphatic heterocycles. The molecule has 0 amide bonds. The van der Waals surface area contributed by atoms with E-state index in [1.165, 1.54) is 22.3 Å². The van der Waals surface area contributed by atoms with Crippen molar-refractivity contribution < 1.29 is 74.2 Å². The molecule has 0 radical (unpaired) electrons. The molecule has 2 aliphatic rings. The van der Waals surface area contributed by atoms with Gasteiger partial charge in [0.2, 0.25) is 0 Å². The zero-order valence-corrected chi connectivity index (χ0v) is 18.2. The summed E-state index contributed by atoms with van der Waals surface area (Å²) in [5, 5.41) is 0. The van der Waals surface area contributed by atoms with Gasteiger partial charge < -0.3 is 48.0 Å². The molecule has 0 unspecified atom stereocenters. The number of halogens is 2. The maximum Gasteiger partial charge on any atom is 4.00 e. The molecule has 2 aromatic carbocycles. The molecule has 2 aliphatic carbocycles. The van der Waals surface area contributed by atoms with Gasteiger partial charge in [0.1, 0.15) is 0 Å². The molecule has 0 saturated carbocycles. The maximum atomic E-state index is 3.30. The first-order valence-corrected chi connectivity index (χ1v) is 6.25. The predicted octanol–water partition coefficient (Wildman–Crippen LogP) is -1.63. The molecule has 2 aromatic rings. The van der Waals surface area contributed by atoms with Crippen LogP contribution in [0.5, 0.6) is 0 Å². The van der Waals surface area contributed by atoms with Crippen molar-refractivity contribution in [2.45, 2.75) is 12.8 Å². The second-order valence-electron chi connectivity index (χ2n) is 4.40. The summed E-state index contributed by atoms with van der Waals surface area (Å²) in [5.74, 6) is 0. The number of fused-ring (bicyclic) bond motifs is 3. The minimum Gasteiger partial charge on any atom is -1.00 e. The average molecular weight is 575 g/mol. The number of hydrogen-bond acceptors (Lipinski definition) is 0. The molecular weight excluding hydrogens is 561 g/mol. The van der Waals surface area contributed by atoms with E-state index in [-0.39, 0.29) is 74.2 Å². The summed E-state index contributed by atoms with van der Waals surface area (Å²) in [6.07, 6.45) is 11.0. The number of allylic oxidation sites excluding steroid dienone is 4. The van der Waals surface area contributed by atoms with Crippen LogP contribution in [0.1, 0.15) is 17.5 Å². The molecule has 4 rings (SSSR count). The zero-order valence-electron chi connectivity index (χ0n) is 11.4. The van der Waals surface area contributed by atoms with Crippen LogP contribution in [0.4, 0.5) is 0 Å². The van der Waals surface area contributed by atoms with Crippen molar-refractivity contribution in [1.82, 2.24) is 0 Å². The van der Waals surface area contributed by atoms with Crippen LogP contribution in [0, 0.1) is 12.1 Å². The Balaban J connectivity index is 0.000000437. The molecular formula is C18H14I2Zr. The molecule has 104 valence electrons. The smallest absolute Gasteiger partial charge is 1.00 e. The summed E-state index contributed by atoms with van der Waals surface area (Å²) in [7, 11) is 0. The molecule has 0 saturated heterocycles. The van der Waals surface area contributed by atoms with Crippen LogP contribution in [0.25, 0.3) is 11.1 Å². The van der Waals surface area contributed by atoms with Crippen LogP contribution in [0.15, 0.2) is 60.7 Å². The Hall–Kier alpha value is 0.263. The summed E-state index contributed by atoms with van der Waals surface area (Å²) >= 11 is 0. The van der Waals surface area contributed by atoms with E-state index in [0.717, 1.165) is 12.8 Å². The van der Waals surface area contributed by atoms with Crippen molar-refractivity contribution in [1.29, 1.82) is 0 Å². The van der Waals surface area contributed by atoms with Crippen LogP contribution < -0.4 is 48.0 Å². The largest absolute Gasteiger partial charge is 4.00 e. The number of hydrogen-bond donors (Lipinski definition) is 0. The fourth-order valence-corrected chi connectivity index (χ4v) is 2.34. The monoisotopic (exact) mass is 574 g/mol. The summed E-state index contributed by atoms with van der Waals surface area (Å²) < 4.78 is 0. The molecule has 0 atom stereocenters. The van der Waals surface area contributed by atoms with Gasteiger partial charge >= 0.3 is 26.2 Å². The fraction of sp³-hybridized carbons (Fsp3) is 0.111. The Kier molecular flexibility index (Phi) is 11.0. The van der Waals surface area contributed by atoms with Crippen LogP contribution in [0.2, 0.25) is 0 Å². The molecule has 0 nitrogen and oxygen atoms in total. The summed E-state index contributed by atoms with van der Waals surface area (Å²) in [6.45, 7) is 0. The van der Waals surface area contributed by atoms with E-state index >= 15 is 0 Å². The first kappa shape index (κ1) is 21.3. The van der Waals surface area contributed by atoms with Crippen molar-refractivity contribution in [3.63, 3.8) is 0 Å². The van der Waals surface area contributed by atoms with Gasteiger partial charge in [-0.15, -0.1) is 12.0 Å². The van der Waals surface area contributed by atoms with E-state index in [1.807, 2.05) is 18.2 Å². The van der Waals surface area contributed by atoms with E-state index in [1.54, 1.807) is 0 Å². The topological polar surface area (TPSA) is 0 Å². The SMILES string of the molecule is [C-]1=CC=CC1.[I-].[I-].[Zr+4].[c-]1cccc2c1Cc1ccccc1-2. The predicted molar refractivity (Wildman–Crippen MR) is 75.1 cm³/mol. The second kappa shape index (κ2) is 10.9. The van der Waals surface area contributed by atoms with Crippen LogP contribution >= 0.6 is 0 Å². The fourth-order valence-electron chi connectivity index (χ4n) is 2.34. The Morgan fingerprint density at radius 3 is 2.33 bits per heavy atom. The Labute approximate surface area is 180 Å². The van der Waals surface area contributed by atoms with Gasteiger partial charge in [-0.25, -0.2) is 12.2 Å². The number of benzene rings is 2. The molecule has 0 N–H and O–H groups in total. The summed E-state index contributed by atoms with van der Waals surface area (Å²) in [6, 6.07) is 18.1. The van der Waals surface area contributed by atoms with E-state index in [4.69, 9.17) is 0 Å². The first-order valence-electron chi connectivity index (χ1n) is 6.25. The quantitative estimate of drug-likeness (QED) is 0.223. The Bertz CT molecular complexity index is 565. The second-order valence-corrected chi connectivity index (χ2v) is 4.40. The molecule has 0 fully saturated rings. The molecule has 0 aromatic heterocycles. The standard InChI is InChI=1S/C13H9.C5H5.2HI.Zr/c1-3-7-12-10(5-1)9-11-6-2-4-8-13(11)12;1-2-4-5-3-1;;;/h1-5,7-8H,9H2;1-3H,4H2;2*1H;/q2*-1;;;+4/p-2. The molecule has 21 heavy (non-hydrogen) atoms. The van der Waals surface area contributed by atoms with Gasteiger partial charge in [-0.1, -0.05) is 35.4 Å². The number of rotatable bonds is 0. The van der Waals surface area contributed by atoms with Crippen molar-refractivity contribution in [3.05, 3.63) is 84.0 Å². The molecule has 3 heteroatoms. The van der Waals surface area contributed by atoms with Crippen LogP contribution in [-0.2, 0) is 32.6 Å². The van der Waals surface area contributed by atoms with E-state index in [2.05, 4.69) is 54.6 Å². The Morgan fingerprint density at radius 2 is 1.67 bits per heavy atom. The van der Waals surface area contributed by atoms with Crippen molar-refractivity contribution in [2.75, 3.05) is 0 Å². The van der Waals surface area contributed by atoms with Gasteiger partial charge in [0, 0.05) is 0 Å². The normalized spacial score (nSPS) is 11.8. The van der Waals surface area contributed by atoms with E-state index in [0.29, 0.717) is 0 Å². The average Bonchev–Trinajstić information content (AvgIpc) is 3.10. The third-order valence-electron chi connectivity index (χ3n) is 3.20. The van der Waals surface area contributed by atoms with Crippen molar-refractivity contribution in [3.8, 4) is 11.1 Å². The summed E-state index contributed by atoms with van der Waals surface area (Å²) in [5.41, 5.74) is 5.51. The maximum absolute atomic E-state index is 3.30. The van der Waals surface area contributed by atoms with Crippen LogP contribution in [-0.4, -0.2) is 0 Å². The van der Waals surface area contributed by atoms with Gasteiger partial charge in [0.15, 0.2) is 0 Å². The summed E-state index contributed by atoms with van der Waals surface area (Å²) in [4.78, 5) is 0. The molecule has 0 spiro atoms.